The predicted molar refractivity (Wildman–Crippen MR) is 124 cm³/mol. The first-order chi connectivity index (χ1) is 16.0. The number of aromatic nitrogens is 2. The fraction of sp³-hybridized carbons (Fsp3) is 0.565. The van der Waals surface area contributed by atoms with Crippen LogP contribution in [-0.2, 0) is 9.53 Å². The van der Waals surface area contributed by atoms with Crippen LogP contribution in [0.25, 0.3) is 10.4 Å². The van der Waals surface area contributed by atoms with Crippen LogP contribution in [0.2, 0.25) is 0 Å². The Balaban J connectivity index is 1.36. The van der Waals surface area contributed by atoms with Gasteiger partial charge in [-0.15, -0.1) is 22.9 Å². The molecular weight excluding hydrogens is 464 g/mol. The second-order valence-corrected chi connectivity index (χ2v) is 10.7. The Hall–Kier alpha value is -2.07. The molecule has 1 aliphatic carbocycles. The minimum Gasteiger partial charge on any atom is -0.388 e. The standard InChI is InChI=1S/C23H27ClN4O4S/c24-15-11-28(20-16(29)12-32-21(15)20)23(31)19(13-4-2-1-3-5-13)27-22(30)18-7-6-17(33-18)14-8-9-25-26-10-14/h6-10,13,15-16,19-21,29H,1-5,11-12H2,(H,27,30)/t15-,16-,19-,20+,21+/m0/s1. The summed E-state index contributed by atoms with van der Waals surface area (Å²) in [5, 5.41) is 20.8. The van der Waals surface area contributed by atoms with Gasteiger partial charge in [-0.3, -0.25) is 9.59 Å². The van der Waals surface area contributed by atoms with E-state index in [0.29, 0.717) is 11.4 Å². The number of hydrogen-bond acceptors (Lipinski definition) is 7. The molecule has 1 saturated carbocycles. The Labute approximate surface area is 201 Å². The molecule has 2 saturated heterocycles. The molecule has 0 bridgehead atoms. The highest BCUT2D eigenvalue weighted by Gasteiger charge is 2.53. The van der Waals surface area contributed by atoms with E-state index in [1.54, 1.807) is 23.4 Å². The van der Waals surface area contributed by atoms with Gasteiger partial charge < -0.3 is 20.1 Å². The third kappa shape index (κ3) is 4.51. The number of carbonyl (C=O) groups excluding carboxylic acids is 2. The summed E-state index contributed by atoms with van der Waals surface area (Å²) in [7, 11) is 0. The van der Waals surface area contributed by atoms with Gasteiger partial charge in [-0.25, -0.2) is 0 Å². The first kappa shape index (κ1) is 22.7. The molecule has 0 unspecified atom stereocenters. The van der Waals surface area contributed by atoms with E-state index in [2.05, 4.69) is 15.5 Å². The number of nitrogens with zero attached hydrogens (tertiary/aromatic N) is 3. The molecule has 0 spiro atoms. The van der Waals surface area contributed by atoms with Crippen LogP contribution in [0.5, 0.6) is 0 Å². The van der Waals surface area contributed by atoms with Crippen LogP contribution in [0.4, 0.5) is 0 Å². The smallest absolute Gasteiger partial charge is 0.262 e. The monoisotopic (exact) mass is 490 g/mol. The van der Waals surface area contributed by atoms with Crippen molar-refractivity contribution in [1.82, 2.24) is 20.4 Å². The minimum atomic E-state index is -0.765. The van der Waals surface area contributed by atoms with Gasteiger partial charge in [0, 0.05) is 17.0 Å². The van der Waals surface area contributed by atoms with Gasteiger partial charge in [0.2, 0.25) is 5.91 Å². The number of aliphatic hydroxyl groups excluding tert-OH is 1. The van der Waals surface area contributed by atoms with E-state index >= 15 is 0 Å². The number of aliphatic hydroxyl groups is 1. The lowest BCUT2D eigenvalue weighted by Crippen LogP contribution is -2.55. The van der Waals surface area contributed by atoms with Crippen molar-refractivity contribution < 1.29 is 19.4 Å². The number of hydrogen-bond donors (Lipinski definition) is 2. The third-order valence-corrected chi connectivity index (χ3v) is 8.45. The van der Waals surface area contributed by atoms with Gasteiger partial charge in [0.05, 0.1) is 41.4 Å². The number of rotatable bonds is 5. The zero-order valence-electron chi connectivity index (χ0n) is 18.1. The summed E-state index contributed by atoms with van der Waals surface area (Å²) >= 11 is 7.80. The summed E-state index contributed by atoms with van der Waals surface area (Å²) in [6, 6.07) is 4.38. The molecule has 3 fully saturated rings. The van der Waals surface area contributed by atoms with E-state index in [1.165, 1.54) is 11.3 Å². The van der Waals surface area contributed by atoms with Gasteiger partial charge >= 0.3 is 0 Å². The Kier molecular flexibility index (Phi) is 6.65. The number of halogens is 1. The van der Waals surface area contributed by atoms with Gasteiger partial charge in [0.1, 0.15) is 12.1 Å². The van der Waals surface area contributed by atoms with Crippen LogP contribution in [0, 0.1) is 5.92 Å². The summed E-state index contributed by atoms with van der Waals surface area (Å²) < 4.78 is 5.63. The summed E-state index contributed by atoms with van der Waals surface area (Å²) in [6.07, 6.45) is 7.13. The first-order valence-electron chi connectivity index (χ1n) is 11.4. The van der Waals surface area contributed by atoms with Crippen molar-refractivity contribution in [3.63, 3.8) is 0 Å². The number of nitrogens with one attached hydrogen (secondary N) is 1. The number of thiophene rings is 1. The summed E-state index contributed by atoms with van der Waals surface area (Å²) in [4.78, 5) is 30.1. The number of fused-ring (bicyclic) bond motifs is 1. The molecule has 3 aliphatic rings. The Morgan fingerprint density at radius 2 is 2.03 bits per heavy atom. The maximum atomic E-state index is 13.7. The summed E-state index contributed by atoms with van der Waals surface area (Å²) in [6.45, 7) is 0.481. The lowest BCUT2D eigenvalue weighted by Gasteiger charge is -2.35. The molecular formula is C23H27ClN4O4S. The lowest BCUT2D eigenvalue weighted by atomic mass is 9.83. The van der Waals surface area contributed by atoms with E-state index in [9.17, 15) is 14.7 Å². The second kappa shape index (κ2) is 9.66. The van der Waals surface area contributed by atoms with Crippen LogP contribution < -0.4 is 5.32 Å². The quantitative estimate of drug-likeness (QED) is 0.624. The SMILES string of the molecule is O=C(N[C@H](C(=O)N1C[C@H](Cl)[C@H]2OC[C@H](O)[C@H]21)C1CCCCC1)c1ccc(-c2ccnnc2)s1. The van der Waals surface area contributed by atoms with Crippen LogP contribution in [-0.4, -0.2) is 74.8 Å². The number of amides is 2. The zero-order chi connectivity index (χ0) is 22.9. The Morgan fingerprint density at radius 3 is 2.79 bits per heavy atom. The van der Waals surface area contributed by atoms with Gasteiger partial charge in [-0.2, -0.15) is 10.2 Å². The van der Waals surface area contributed by atoms with Crippen molar-refractivity contribution in [3.05, 3.63) is 35.5 Å². The molecule has 0 radical (unpaired) electrons. The van der Waals surface area contributed by atoms with Crippen LogP contribution in [0.3, 0.4) is 0 Å². The average molecular weight is 491 g/mol. The van der Waals surface area contributed by atoms with Gasteiger partial charge in [-0.05, 0) is 37.0 Å². The molecule has 2 amide bonds. The van der Waals surface area contributed by atoms with Crippen molar-refractivity contribution in [2.75, 3.05) is 13.2 Å². The molecule has 176 valence electrons. The Morgan fingerprint density at radius 1 is 1.21 bits per heavy atom. The maximum Gasteiger partial charge on any atom is 0.262 e. The normalized spacial score (nSPS) is 28.5. The lowest BCUT2D eigenvalue weighted by molar-refractivity contribution is -0.137. The number of alkyl halides is 1. The highest BCUT2D eigenvalue weighted by molar-refractivity contribution is 7.17. The number of likely N-dealkylation sites (tertiary alicyclic amines) is 1. The molecule has 2 N–H and O–H groups in total. The largest absolute Gasteiger partial charge is 0.388 e. The van der Waals surface area contributed by atoms with Crippen molar-refractivity contribution in [1.29, 1.82) is 0 Å². The molecule has 2 aromatic heterocycles. The van der Waals surface area contributed by atoms with E-state index in [4.69, 9.17) is 16.3 Å². The molecule has 5 atom stereocenters. The van der Waals surface area contributed by atoms with E-state index in [1.807, 2.05) is 12.1 Å². The molecule has 4 heterocycles. The van der Waals surface area contributed by atoms with Crippen molar-refractivity contribution in [3.8, 4) is 10.4 Å². The number of ether oxygens (including phenoxy) is 1. The summed E-state index contributed by atoms with van der Waals surface area (Å²) in [5.74, 6) is -0.377. The minimum absolute atomic E-state index is 0.0614. The van der Waals surface area contributed by atoms with E-state index in [0.717, 1.165) is 42.5 Å². The Bertz CT molecular complexity index is 999. The van der Waals surface area contributed by atoms with E-state index in [-0.39, 0.29) is 35.8 Å². The topological polar surface area (TPSA) is 105 Å². The van der Waals surface area contributed by atoms with Gasteiger partial charge in [0.25, 0.3) is 5.91 Å². The van der Waals surface area contributed by atoms with Crippen molar-refractivity contribution in [2.45, 2.75) is 61.8 Å². The second-order valence-electron chi connectivity index (χ2n) is 9.01. The third-order valence-electron chi connectivity index (χ3n) is 6.93. The first-order valence-corrected chi connectivity index (χ1v) is 12.7. The molecule has 2 aliphatic heterocycles. The molecule has 5 rings (SSSR count). The summed E-state index contributed by atoms with van der Waals surface area (Å²) in [5.41, 5.74) is 0.889. The highest BCUT2D eigenvalue weighted by atomic mass is 35.5. The van der Waals surface area contributed by atoms with Crippen molar-refractivity contribution >= 4 is 34.8 Å². The van der Waals surface area contributed by atoms with Crippen LogP contribution >= 0.6 is 22.9 Å². The predicted octanol–water partition coefficient (Wildman–Crippen LogP) is 2.46. The van der Waals surface area contributed by atoms with Crippen LogP contribution in [0.15, 0.2) is 30.6 Å². The highest BCUT2D eigenvalue weighted by Crippen LogP contribution is 2.35. The molecule has 2 aromatic rings. The van der Waals surface area contributed by atoms with Gasteiger partial charge in [-0.1, -0.05) is 19.3 Å². The van der Waals surface area contributed by atoms with E-state index < -0.39 is 18.2 Å². The zero-order valence-corrected chi connectivity index (χ0v) is 19.7. The van der Waals surface area contributed by atoms with Crippen LogP contribution in [0.1, 0.15) is 41.8 Å². The number of carbonyl (C=O) groups is 2. The molecule has 0 aromatic carbocycles. The van der Waals surface area contributed by atoms with Crippen molar-refractivity contribution in [2.24, 2.45) is 5.92 Å². The fourth-order valence-corrected chi connectivity index (χ4v) is 6.54. The average Bonchev–Trinajstić information content (AvgIpc) is 3.56. The fourth-order valence-electron chi connectivity index (χ4n) is 5.27. The molecule has 33 heavy (non-hydrogen) atoms. The molecule has 8 nitrogen and oxygen atoms in total. The molecule has 10 heteroatoms. The maximum absolute atomic E-state index is 13.7. The van der Waals surface area contributed by atoms with Gasteiger partial charge in [0.15, 0.2) is 0 Å².